The number of phenols is 1. The molecule has 0 saturated carbocycles. The fourth-order valence-corrected chi connectivity index (χ4v) is 1.89. The van der Waals surface area contributed by atoms with Crippen molar-refractivity contribution in [2.45, 2.75) is 33.1 Å². The molecule has 1 aromatic carbocycles. The Morgan fingerprint density at radius 1 is 1.20 bits per heavy atom. The number of aromatic hydroxyl groups is 1. The minimum Gasteiger partial charge on any atom is -0.504 e. The van der Waals surface area contributed by atoms with Crippen molar-refractivity contribution in [1.29, 1.82) is 0 Å². The Balaban J connectivity index is 2.59. The minimum absolute atomic E-state index is 0.105. The average Bonchev–Trinajstić information content (AvgIpc) is 2.45. The molecule has 1 atom stereocenters. The molecule has 114 valence electrons. The van der Waals surface area contributed by atoms with Crippen LogP contribution in [0.4, 0.5) is 0 Å². The van der Waals surface area contributed by atoms with Crippen LogP contribution in [0.3, 0.4) is 0 Å². The van der Waals surface area contributed by atoms with E-state index in [1.54, 1.807) is 6.07 Å². The Labute approximate surface area is 120 Å². The van der Waals surface area contributed by atoms with Gasteiger partial charge in [0.25, 0.3) is 0 Å². The summed E-state index contributed by atoms with van der Waals surface area (Å²) in [7, 11) is 1.54. The number of phenolic OH excluding ortho intramolecular Hbond substituents is 1. The highest BCUT2D eigenvalue weighted by molar-refractivity contribution is 5.42. The van der Waals surface area contributed by atoms with Gasteiger partial charge in [-0.2, -0.15) is 0 Å². The Hall–Kier alpha value is -1.30. The van der Waals surface area contributed by atoms with Crippen LogP contribution in [0.2, 0.25) is 0 Å². The minimum atomic E-state index is -0.244. The molecule has 0 spiro atoms. The standard InChI is InChI=1S/C15H25NO4/c1-5-19-15(20-6-2)10-16-11(3)12-7-8-13(17)14(9-12)18-4/h7-9,11,15-17H,5-6,10H2,1-4H3. The fourth-order valence-electron chi connectivity index (χ4n) is 1.89. The van der Waals surface area contributed by atoms with E-state index in [9.17, 15) is 5.11 Å². The molecule has 0 aliphatic carbocycles. The molecule has 0 aromatic heterocycles. The molecule has 1 unspecified atom stereocenters. The van der Waals surface area contributed by atoms with E-state index in [4.69, 9.17) is 14.2 Å². The van der Waals surface area contributed by atoms with Crippen molar-refractivity contribution >= 4 is 0 Å². The molecule has 0 heterocycles. The van der Waals surface area contributed by atoms with Crippen molar-refractivity contribution in [2.75, 3.05) is 26.9 Å². The highest BCUT2D eigenvalue weighted by atomic mass is 16.7. The van der Waals surface area contributed by atoms with Gasteiger partial charge in [-0.3, -0.25) is 0 Å². The van der Waals surface area contributed by atoms with Gasteiger partial charge in [0, 0.05) is 25.8 Å². The van der Waals surface area contributed by atoms with E-state index in [-0.39, 0.29) is 18.1 Å². The lowest BCUT2D eigenvalue weighted by Crippen LogP contribution is -2.33. The number of hydrogen-bond donors (Lipinski definition) is 2. The van der Waals surface area contributed by atoms with Gasteiger partial charge in [0.2, 0.25) is 0 Å². The van der Waals surface area contributed by atoms with E-state index in [0.29, 0.717) is 25.5 Å². The van der Waals surface area contributed by atoms with Gasteiger partial charge in [-0.15, -0.1) is 0 Å². The van der Waals surface area contributed by atoms with E-state index in [2.05, 4.69) is 5.32 Å². The van der Waals surface area contributed by atoms with Crippen molar-refractivity contribution in [3.05, 3.63) is 23.8 Å². The first-order valence-electron chi connectivity index (χ1n) is 6.95. The summed E-state index contributed by atoms with van der Waals surface area (Å²) in [5.74, 6) is 0.618. The molecule has 1 rings (SSSR count). The zero-order valence-electron chi connectivity index (χ0n) is 12.7. The normalized spacial score (nSPS) is 12.7. The smallest absolute Gasteiger partial charge is 0.169 e. The third-order valence-electron chi connectivity index (χ3n) is 3.00. The molecule has 20 heavy (non-hydrogen) atoms. The zero-order chi connectivity index (χ0) is 15.0. The lowest BCUT2D eigenvalue weighted by molar-refractivity contribution is -0.133. The quantitative estimate of drug-likeness (QED) is 0.682. The highest BCUT2D eigenvalue weighted by Gasteiger charge is 2.12. The van der Waals surface area contributed by atoms with Crippen LogP contribution in [-0.4, -0.2) is 38.3 Å². The summed E-state index contributed by atoms with van der Waals surface area (Å²) < 4.78 is 16.1. The second kappa shape index (κ2) is 8.79. The van der Waals surface area contributed by atoms with Gasteiger partial charge in [-0.1, -0.05) is 6.07 Å². The van der Waals surface area contributed by atoms with Gasteiger partial charge < -0.3 is 24.6 Å². The number of ether oxygens (including phenoxy) is 3. The van der Waals surface area contributed by atoms with Crippen LogP contribution >= 0.6 is 0 Å². The third-order valence-corrected chi connectivity index (χ3v) is 3.00. The van der Waals surface area contributed by atoms with Crippen LogP contribution < -0.4 is 10.1 Å². The predicted octanol–water partition coefficient (Wildman–Crippen LogP) is 2.45. The largest absolute Gasteiger partial charge is 0.504 e. The summed E-state index contributed by atoms with van der Waals surface area (Å²) in [4.78, 5) is 0. The van der Waals surface area contributed by atoms with Gasteiger partial charge in [0.1, 0.15) is 0 Å². The first kappa shape index (κ1) is 16.8. The summed E-state index contributed by atoms with van der Waals surface area (Å²) in [5.41, 5.74) is 1.03. The van der Waals surface area contributed by atoms with E-state index in [1.165, 1.54) is 7.11 Å². The summed E-state index contributed by atoms with van der Waals surface area (Å²) in [6, 6.07) is 5.43. The fraction of sp³-hybridized carbons (Fsp3) is 0.600. The van der Waals surface area contributed by atoms with Crippen LogP contribution in [0.5, 0.6) is 11.5 Å². The van der Waals surface area contributed by atoms with Crippen LogP contribution in [0.25, 0.3) is 0 Å². The van der Waals surface area contributed by atoms with Gasteiger partial charge in [-0.05, 0) is 38.5 Å². The topological polar surface area (TPSA) is 60.0 Å². The first-order valence-corrected chi connectivity index (χ1v) is 6.95. The number of rotatable bonds is 9. The van der Waals surface area contributed by atoms with Crippen LogP contribution in [-0.2, 0) is 9.47 Å². The Kier molecular flexibility index (Phi) is 7.36. The molecule has 0 amide bonds. The monoisotopic (exact) mass is 283 g/mol. The van der Waals surface area contributed by atoms with Crippen LogP contribution in [0, 0.1) is 0 Å². The zero-order valence-corrected chi connectivity index (χ0v) is 12.7. The van der Waals surface area contributed by atoms with Gasteiger partial charge in [0.15, 0.2) is 17.8 Å². The van der Waals surface area contributed by atoms with Crippen molar-refractivity contribution in [3.8, 4) is 11.5 Å². The van der Waals surface area contributed by atoms with Gasteiger partial charge >= 0.3 is 0 Å². The molecular weight excluding hydrogens is 258 g/mol. The summed E-state index contributed by atoms with van der Waals surface area (Å²) >= 11 is 0. The molecule has 0 aliphatic rings. The lowest BCUT2D eigenvalue weighted by atomic mass is 10.1. The maximum absolute atomic E-state index is 9.59. The highest BCUT2D eigenvalue weighted by Crippen LogP contribution is 2.28. The molecule has 0 saturated heterocycles. The molecule has 0 radical (unpaired) electrons. The first-order chi connectivity index (χ1) is 9.62. The molecular formula is C15H25NO4. The molecule has 2 N–H and O–H groups in total. The molecule has 0 aliphatic heterocycles. The number of hydrogen-bond acceptors (Lipinski definition) is 5. The van der Waals surface area contributed by atoms with E-state index < -0.39 is 0 Å². The summed E-state index contributed by atoms with van der Waals surface area (Å²) in [5, 5.41) is 12.9. The molecule has 1 aromatic rings. The van der Waals surface area contributed by atoms with E-state index >= 15 is 0 Å². The molecule has 5 heteroatoms. The molecule has 0 fully saturated rings. The summed E-state index contributed by atoms with van der Waals surface area (Å²) in [6.45, 7) is 7.77. The summed E-state index contributed by atoms with van der Waals surface area (Å²) in [6.07, 6.45) is -0.244. The number of benzene rings is 1. The number of nitrogens with one attached hydrogen (secondary N) is 1. The second-order valence-electron chi connectivity index (χ2n) is 4.40. The SMILES string of the molecule is CCOC(CNC(C)c1ccc(O)c(OC)c1)OCC. The van der Waals surface area contributed by atoms with E-state index in [0.717, 1.165) is 5.56 Å². The van der Waals surface area contributed by atoms with Crippen LogP contribution in [0.15, 0.2) is 18.2 Å². The van der Waals surface area contributed by atoms with Crippen molar-refractivity contribution in [2.24, 2.45) is 0 Å². The van der Waals surface area contributed by atoms with Crippen molar-refractivity contribution in [3.63, 3.8) is 0 Å². The number of methoxy groups -OCH3 is 1. The van der Waals surface area contributed by atoms with Crippen molar-refractivity contribution < 1.29 is 19.3 Å². The maximum Gasteiger partial charge on any atom is 0.169 e. The van der Waals surface area contributed by atoms with Crippen molar-refractivity contribution in [1.82, 2.24) is 5.32 Å². The Bertz CT molecular complexity index is 391. The lowest BCUT2D eigenvalue weighted by Gasteiger charge is -2.21. The van der Waals surface area contributed by atoms with E-state index in [1.807, 2.05) is 32.9 Å². The Morgan fingerprint density at radius 3 is 2.40 bits per heavy atom. The predicted molar refractivity (Wildman–Crippen MR) is 78.1 cm³/mol. The molecule has 5 nitrogen and oxygen atoms in total. The average molecular weight is 283 g/mol. The van der Waals surface area contributed by atoms with Crippen LogP contribution in [0.1, 0.15) is 32.4 Å². The second-order valence-corrected chi connectivity index (χ2v) is 4.40. The van der Waals surface area contributed by atoms with Gasteiger partial charge in [-0.25, -0.2) is 0 Å². The molecule has 0 bridgehead atoms. The maximum atomic E-state index is 9.59. The van der Waals surface area contributed by atoms with Gasteiger partial charge in [0.05, 0.1) is 7.11 Å². The third kappa shape index (κ3) is 5.00. The Morgan fingerprint density at radius 2 is 1.85 bits per heavy atom.